The largest absolute Gasteiger partial charge is 0.354 e. The van der Waals surface area contributed by atoms with Crippen molar-refractivity contribution in [2.24, 2.45) is 5.92 Å². The second-order valence-electron chi connectivity index (χ2n) is 6.57. The summed E-state index contributed by atoms with van der Waals surface area (Å²) in [5, 5.41) is 3.92. The molecule has 134 valence electrons. The lowest BCUT2D eigenvalue weighted by molar-refractivity contribution is -0.140. The summed E-state index contributed by atoms with van der Waals surface area (Å²) < 4.78 is 0. The number of hydrogen-bond donors (Lipinski definition) is 2. The standard InChI is InChI=1S/C22H24N2O2/c1-3-15(2)21(25)22(26)23-14-13-18-17-11-7-8-12-19(17)24-20(18)16-9-5-4-6-10-16/h4-12,15,24H,3,13-14H2,1-2H3,(H,23,26)/t15-/m1/s1. The van der Waals surface area contributed by atoms with Crippen LogP contribution in [0.15, 0.2) is 54.6 Å². The SMILES string of the molecule is CC[C@@H](C)C(=O)C(=O)NCCc1c(-c2ccccc2)[nH]c2ccccc12. The highest BCUT2D eigenvalue weighted by molar-refractivity contribution is 6.36. The zero-order chi connectivity index (χ0) is 18.5. The number of carbonyl (C=O) groups is 2. The predicted molar refractivity (Wildman–Crippen MR) is 105 cm³/mol. The van der Waals surface area contributed by atoms with Gasteiger partial charge in [0.05, 0.1) is 0 Å². The van der Waals surface area contributed by atoms with E-state index in [1.165, 1.54) is 0 Å². The number of H-pyrrole nitrogens is 1. The summed E-state index contributed by atoms with van der Waals surface area (Å²) in [6.07, 6.45) is 1.33. The summed E-state index contributed by atoms with van der Waals surface area (Å²) in [6, 6.07) is 18.3. The molecule has 1 heterocycles. The van der Waals surface area contributed by atoms with Gasteiger partial charge >= 0.3 is 0 Å². The van der Waals surface area contributed by atoms with Gasteiger partial charge in [0.1, 0.15) is 0 Å². The molecule has 2 N–H and O–H groups in total. The third-order valence-corrected chi connectivity index (χ3v) is 4.82. The molecular weight excluding hydrogens is 324 g/mol. The molecule has 1 aromatic heterocycles. The first-order chi connectivity index (χ1) is 12.6. The van der Waals surface area contributed by atoms with Crippen LogP contribution >= 0.6 is 0 Å². The smallest absolute Gasteiger partial charge is 0.287 e. The molecule has 2 aromatic carbocycles. The van der Waals surface area contributed by atoms with Gasteiger partial charge in [0.2, 0.25) is 5.78 Å². The Bertz CT molecular complexity index is 912. The second-order valence-corrected chi connectivity index (χ2v) is 6.57. The molecule has 0 saturated carbocycles. The van der Waals surface area contributed by atoms with Crippen LogP contribution in [0.2, 0.25) is 0 Å². The van der Waals surface area contributed by atoms with Gasteiger partial charge in [0.15, 0.2) is 0 Å². The fourth-order valence-corrected chi connectivity index (χ4v) is 3.11. The summed E-state index contributed by atoms with van der Waals surface area (Å²) in [5.41, 5.74) is 4.40. The van der Waals surface area contributed by atoms with Crippen molar-refractivity contribution in [2.75, 3.05) is 6.54 Å². The van der Waals surface area contributed by atoms with Crippen molar-refractivity contribution < 1.29 is 9.59 Å². The summed E-state index contributed by atoms with van der Waals surface area (Å²) >= 11 is 0. The molecule has 0 radical (unpaired) electrons. The van der Waals surface area contributed by atoms with Crippen molar-refractivity contribution in [1.29, 1.82) is 0 Å². The van der Waals surface area contributed by atoms with E-state index in [-0.39, 0.29) is 11.7 Å². The summed E-state index contributed by atoms with van der Waals surface area (Å²) in [5.74, 6) is -1.06. The number of ketones is 1. The van der Waals surface area contributed by atoms with Crippen LogP contribution in [0.4, 0.5) is 0 Å². The van der Waals surface area contributed by atoms with Gasteiger partial charge in [-0.1, -0.05) is 62.4 Å². The lowest BCUT2D eigenvalue weighted by atomic mass is 10.0. The van der Waals surface area contributed by atoms with Crippen LogP contribution in [0, 0.1) is 5.92 Å². The molecule has 0 aliphatic heterocycles. The molecule has 0 saturated heterocycles. The number of fused-ring (bicyclic) bond motifs is 1. The molecule has 4 heteroatoms. The quantitative estimate of drug-likeness (QED) is 0.631. The molecule has 0 aliphatic rings. The van der Waals surface area contributed by atoms with E-state index < -0.39 is 5.91 Å². The van der Waals surface area contributed by atoms with Crippen molar-refractivity contribution in [3.05, 3.63) is 60.2 Å². The number of nitrogens with one attached hydrogen (secondary N) is 2. The number of para-hydroxylation sites is 1. The molecular formula is C22H24N2O2. The Labute approximate surface area is 153 Å². The lowest BCUT2D eigenvalue weighted by Gasteiger charge is -2.09. The van der Waals surface area contributed by atoms with Crippen LogP contribution in [-0.2, 0) is 16.0 Å². The molecule has 1 atom stereocenters. The maximum absolute atomic E-state index is 12.0. The number of Topliss-reactive ketones (excluding diaryl/α,β-unsaturated/α-hetero) is 1. The Morgan fingerprint density at radius 2 is 1.73 bits per heavy atom. The maximum atomic E-state index is 12.0. The zero-order valence-corrected chi connectivity index (χ0v) is 15.2. The van der Waals surface area contributed by atoms with Gasteiger partial charge < -0.3 is 10.3 Å². The monoisotopic (exact) mass is 348 g/mol. The van der Waals surface area contributed by atoms with Crippen molar-refractivity contribution in [3.63, 3.8) is 0 Å². The molecule has 0 unspecified atom stereocenters. The van der Waals surface area contributed by atoms with Crippen molar-refractivity contribution >= 4 is 22.6 Å². The van der Waals surface area contributed by atoms with E-state index in [0.29, 0.717) is 19.4 Å². The molecule has 26 heavy (non-hydrogen) atoms. The van der Waals surface area contributed by atoms with Gasteiger partial charge in [0.25, 0.3) is 5.91 Å². The van der Waals surface area contributed by atoms with Gasteiger partial charge in [-0.25, -0.2) is 0 Å². The highest BCUT2D eigenvalue weighted by atomic mass is 16.2. The number of rotatable bonds is 7. The molecule has 0 aliphatic carbocycles. The minimum atomic E-state index is -0.486. The topological polar surface area (TPSA) is 62.0 Å². The Hall–Kier alpha value is -2.88. The van der Waals surface area contributed by atoms with Gasteiger partial charge in [-0.3, -0.25) is 9.59 Å². The van der Waals surface area contributed by atoms with Gasteiger partial charge in [-0.15, -0.1) is 0 Å². The maximum Gasteiger partial charge on any atom is 0.287 e. The molecule has 1 amide bonds. The molecule has 0 spiro atoms. The van der Waals surface area contributed by atoms with Gasteiger partial charge in [-0.2, -0.15) is 0 Å². The minimum absolute atomic E-state index is 0.233. The van der Waals surface area contributed by atoms with Crippen LogP contribution in [-0.4, -0.2) is 23.2 Å². The fraction of sp³-hybridized carbons (Fsp3) is 0.273. The predicted octanol–water partition coefficient (Wildman–Crippen LogP) is 4.11. The van der Waals surface area contributed by atoms with E-state index in [0.717, 1.165) is 27.7 Å². The molecule has 3 aromatic rings. The number of carbonyl (C=O) groups excluding carboxylic acids is 2. The first kappa shape index (κ1) is 17.9. The molecule has 0 bridgehead atoms. The van der Waals surface area contributed by atoms with E-state index in [2.05, 4.69) is 34.6 Å². The Kier molecular flexibility index (Phi) is 5.52. The minimum Gasteiger partial charge on any atom is -0.354 e. The van der Waals surface area contributed by atoms with Crippen LogP contribution in [0.1, 0.15) is 25.8 Å². The van der Waals surface area contributed by atoms with Gasteiger partial charge in [-0.05, 0) is 30.0 Å². The lowest BCUT2D eigenvalue weighted by Crippen LogP contribution is -2.35. The van der Waals surface area contributed by atoms with Crippen molar-refractivity contribution in [1.82, 2.24) is 10.3 Å². The Morgan fingerprint density at radius 1 is 1.04 bits per heavy atom. The first-order valence-electron chi connectivity index (χ1n) is 9.08. The Morgan fingerprint density at radius 3 is 2.46 bits per heavy atom. The van der Waals surface area contributed by atoms with E-state index in [1.807, 2.05) is 37.3 Å². The number of benzene rings is 2. The number of aromatic nitrogens is 1. The van der Waals surface area contributed by atoms with E-state index in [4.69, 9.17) is 0 Å². The van der Waals surface area contributed by atoms with Crippen LogP contribution in [0.5, 0.6) is 0 Å². The number of amides is 1. The second kappa shape index (κ2) is 8.00. The fourth-order valence-electron chi connectivity index (χ4n) is 3.11. The highest BCUT2D eigenvalue weighted by Crippen LogP contribution is 2.30. The van der Waals surface area contributed by atoms with Crippen molar-refractivity contribution in [2.45, 2.75) is 26.7 Å². The average Bonchev–Trinajstić information content (AvgIpc) is 3.06. The normalized spacial score (nSPS) is 12.1. The van der Waals surface area contributed by atoms with Crippen molar-refractivity contribution in [3.8, 4) is 11.3 Å². The van der Waals surface area contributed by atoms with E-state index in [1.54, 1.807) is 6.92 Å². The molecule has 4 nitrogen and oxygen atoms in total. The summed E-state index contributed by atoms with van der Waals surface area (Å²) in [4.78, 5) is 27.5. The zero-order valence-electron chi connectivity index (χ0n) is 15.2. The van der Waals surface area contributed by atoms with Crippen LogP contribution in [0.3, 0.4) is 0 Å². The highest BCUT2D eigenvalue weighted by Gasteiger charge is 2.19. The van der Waals surface area contributed by atoms with Crippen LogP contribution in [0.25, 0.3) is 22.2 Å². The Balaban J connectivity index is 1.81. The molecule has 3 rings (SSSR count). The van der Waals surface area contributed by atoms with E-state index >= 15 is 0 Å². The number of hydrogen-bond acceptors (Lipinski definition) is 2. The van der Waals surface area contributed by atoms with Crippen LogP contribution < -0.4 is 5.32 Å². The molecule has 0 fully saturated rings. The summed E-state index contributed by atoms with van der Waals surface area (Å²) in [7, 11) is 0. The number of aromatic amines is 1. The summed E-state index contributed by atoms with van der Waals surface area (Å²) in [6.45, 7) is 4.13. The van der Waals surface area contributed by atoms with E-state index in [9.17, 15) is 9.59 Å². The average molecular weight is 348 g/mol. The van der Waals surface area contributed by atoms with Gasteiger partial charge in [0, 0.05) is 29.1 Å². The third kappa shape index (κ3) is 3.69. The first-order valence-corrected chi connectivity index (χ1v) is 9.08. The third-order valence-electron chi connectivity index (χ3n) is 4.82.